The van der Waals surface area contributed by atoms with Gasteiger partial charge in [-0.15, -0.1) is 0 Å². The number of aromatic nitrogens is 1. The van der Waals surface area contributed by atoms with Gasteiger partial charge >= 0.3 is 0 Å². The molecule has 0 unspecified atom stereocenters. The molecule has 0 bridgehead atoms. The van der Waals surface area contributed by atoms with Crippen LogP contribution in [0.25, 0.3) is 0 Å². The molecule has 5 nitrogen and oxygen atoms in total. The second-order valence-corrected chi connectivity index (χ2v) is 5.35. The highest BCUT2D eigenvalue weighted by molar-refractivity contribution is 5.03. The first-order valence-electron chi connectivity index (χ1n) is 7.12. The molecular formula is C14H25N3O2. The first-order chi connectivity index (χ1) is 9.28. The Kier molecular flexibility index (Phi) is 5.82. The highest BCUT2D eigenvalue weighted by Gasteiger charge is 2.19. The minimum atomic E-state index is 0.796. The van der Waals surface area contributed by atoms with E-state index in [1.165, 1.54) is 12.8 Å². The molecule has 5 heteroatoms. The number of hydrogen-bond acceptors (Lipinski definition) is 5. The van der Waals surface area contributed by atoms with Gasteiger partial charge in [-0.2, -0.15) is 0 Å². The van der Waals surface area contributed by atoms with Gasteiger partial charge in [0, 0.05) is 26.3 Å². The maximum absolute atomic E-state index is 5.10. The van der Waals surface area contributed by atoms with E-state index < -0.39 is 0 Å². The molecule has 1 N–H and O–H groups in total. The Bertz CT molecular complexity index is 359. The van der Waals surface area contributed by atoms with Gasteiger partial charge in [0.05, 0.1) is 12.3 Å². The number of methoxy groups -OCH3 is 1. The van der Waals surface area contributed by atoms with Crippen molar-refractivity contribution in [2.45, 2.75) is 26.3 Å². The molecule has 1 fully saturated rings. The smallest absolute Gasteiger partial charge is 0.133 e. The lowest BCUT2D eigenvalue weighted by Crippen LogP contribution is -2.37. The van der Waals surface area contributed by atoms with Gasteiger partial charge in [-0.05, 0) is 45.3 Å². The zero-order valence-corrected chi connectivity index (χ0v) is 12.0. The van der Waals surface area contributed by atoms with Crippen LogP contribution in [0.2, 0.25) is 0 Å². The van der Waals surface area contributed by atoms with Gasteiger partial charge < -0.3 is 14.6 Å². The van der Waals surface area contributed by atoms with Gasteiger partial charge in [-0.25, -0.2) is 0 Å². The van der Waals surface area contributed by atoms with Crippen molar-refractivity contribution in [3.05, 3.63) is 17.5 Å². The van der Waals surface area contributed by atoms with Crippen molar-refractivity contribution in [3.8, 4) is 0 Å². The Morgan fingerprint density at radius 1 is 1.47 bits per heavy atom. The zero-order valence-electron chi connectivity index (χ0n) is 12.0. The second-order valence-electron chi connectivity index (χ2n) is 5.35. The summed E-state index contributed by atoms with van der Waals surface area (Å²) in [5.41, 5.74) is 1.05. The molecular weight excluding hydrogens is 242 g/mol. The molecule has 1 aliphatic rings. The average Bonchev–Trinajstić information content (AvgIpc) is 2.82. The number of rotatable bonds is 7. The summed E-state index contributed by atoms with van der Waals surface area (Å²) in [6.07, 6.45) is 2.52. The fraction of sp³-hybridized carbons (Fsp3) is 0.786. The Morgan fingerprint density at radius 3 is 2.89 bits per heavy atom. The zero-order chi connectivity index (χ0) is 13.5. The van der Waals surface area contributed by atoms with Crippen molar-refractivity contribution in [3.63, 3.8) is 0 Å². The van der Waals surface area contributed by atoms with E-state index in [4.69, 9.17) is 9.26 Å². The van der Waals surface area contributed by atoms with Crippen LogP contribution in [0, 0.1) is 12.8 Å². The molecule has 2 heterocycles. The topological polar surface area (TPSA) is 50.5 Å². The number of likely N-dealkylation sites (tertiary alicyclic amines) is 1. The van der Waals surface area contributed by atoms with E-state index in [9.17, 15) is 0 Å². The average molecular weight is 267 g/mol. The largest absolute Gasteiger partial charge is 0.383 e. The normalized spacial score (nSPS) is 18.0. The molecule has 0 radical (unpaired) electrons. The SMILES string of the molecule is COCCNCC1CCN(Cc2cc(C)on2)CC1. The van der Waals surface area contributed by atoms with Crippen molar-refractivity contribution in [1.82, 2.24) is 15.4 Å². The summed E-state index contributed by atoms with van der Waals surface area (Å²) in [6.45, 7) is 8.03. The van der Waals surface area contributed by atoms with Crippen LogP contribution in [0.1, 0.15) is 24.3 Å². The Labute approximate surface area is 115 Å². The quantitative estimate of drug-likeness (QED) is 0.757. The van der Waals surface area contributed by atoms with Crippen LogP contribution in [0.15, 0.2) is 10.6 Å². The van der Waals surface area contributed by atoms with E-state index in [0.717, 1.165) is 56.7 Å². The standard InChI is InChI=1S/C14H25N3O2/c1-12-9-14(16-19-12)11-17-6-3-13(4-7-17)10-15-5-8-18-2/h9,13,15H,3-8,10-11H2,1-2H3. The molecule has 2 rings (SSSR count). The van der Waals surface area contributed by atoms with Gasteiger partial charge in [0.15, 0.2) is 0 Å². The number of nitrogens with zero attached hydrogens (tertiary/aromatic N) is 2. The van der Waals surface area contributed by atoms with E-state index >= 15 is 0 Å². The third-order valence-electron chi connectivity index (χ3n) is 3.69. The Hall–Kier alpha value is -0.910. The van der Waals surface area contributed by atoms with Crippen LogP contribution in [0.4, 0.5) is 0 Å². The number of piperidine rings is 1. The summed E-state index contributed by atoms with van der Waals surface area (Å²) in [5.74, 6) is 1.69. The molecule has 1 aromatic heterocycles. The molecule has 0 aliphatic carbocycles. The fourth-order valence-corrected chi connectivity index (χ4v) is 2.55. The molecule has 0 amide bonds. The maximum atomic E-state index is 5.10. The predicted molar refractivity (Wildman–Crippen MR) is 74.0 cm³/mol. The third kappa shape index (κ3) is 4.93. The van der Waals surface area contributed by atoms with Gasteiger partial charge in [0.25, 0.3) is 0 Å². The van der Waals surface area contributed by atoms with E-state index in [0.29, 0.717) is 0 Å². The fourth-order valence-electron chi connectivity index (χ4n) is 2.55. The van der Waals surface area contributed by atoms with Crippen molar-refractivity contribution in [2.75, 3.05) is 39.9 Å². The van der Waals surface area contributed by atoms with Gasteiger partial charge in [-0.1, -0.05) is 5.16 Å². The van der Waals surface area contributed by atoms with Crippen molar-refractivity contribution < 1.29 is 9.26 Å². The first-order valence-corrected chi connectivity index (χ1v) is 7.12. The molecule has 0 atom stereocenters. The number of aryl methyl sites for hydroxylation is 1. The molecule has 0 spiro atoms. The maximum Gasteiger partial charge on any atom is 0.133 e. The van der Waals surface area contributed by atoms with Gasteiger partial charge in [0.2, 0.25) is 0 Å². The minimum absolute atomic E-state index is 0.796. The lowest BCUT2D eigenvalue weighted by molar-refractivity contribution is 0.165. The van der Waals surface area contributed by atoms with Gasteiger partial charge in [-0.3, -0.25) is 4.90 Å². The highest BCUT2D eigenvalue weighted by Crippen LogP contribution is 2.18. The van der Waals surface area contributed by atoms with Crippen LogP contribution in [-0.2, 0) is 11.3 Å². The van der Waals surface area contributed by atoms with Crippen LogP contribution in [-0.4, -0.2) is 50.0 Å². The van der Waals surface area contributed by atoms with E-state index in [1.807, 2.05) is 13.0 Å². The minimum Gasteiger partial charge on any atom is -0.383 e. The Morgan fingerprint density at radius 2 is 2.26 bits per heavy atom. The van der Waals surface area contributed by atoms with Crippen LogP contribution in [0.3, 0.4) is 0 Å². The highest BCUT2D eigenvalue weighted by atomic mass is 16.5. The molecule has 0 aromatic carbocycles. The summed E-state index contributed by atoms with van der Waals surface area (Å²) in [7, 11) is 1.74. The summed E-state index contributed by atoms with van der Waals surface area (Å²) in [4.78, 5) is 2.46. The third-order valence-corrected chi connectivity index (χ3v) is 3.69. The summed E-state index contributed by atoms with van der Waals surface area (Å²) in [6, 6.07) is 2.03. The summed E-state index contributed by atoms with van der Waals surface area (Å²) in [5, 5.41) is 7.51. The lowest BCUT2D eigenvalue weighted by atomic mass is 9.96. The number of hydrogen-bond donors (Lipinski definition) is 1. The van der Waals surface area contributed by atoms with E-state index in [-0.39, 0.29) is 0 Å². The van der Waals surface area contributed by atoms with Crippen molar-refractivity contribution in [1.29, 1.82) is 0 Å². The van der Waals surface area contributed by atoms with Crippen LogP contribution < -0.4 is 5.32 Å². The lowest BCUT2D eigenvalue weighted by Gasteiger charge is -2.31. The monoisotopic (exact) mass is 267 g/mol. The van der Waals surface area contributed by atoms with Gasteiger partial charge in [0.1, 0.15) is 5.76 Å². The molecule has 1 aliphatic heterocycles. The summed E-state index contributed by atoms with van der Waals surface area (Å²) >= 11 is 0. The van der Waals surface area contributed by atoms with E-state index in [2.05, 4.69) is 15.4 Å². The van der Waals surface area contributed by atoms with Crippen molar-refractivity contribution >= 4 is 0 Å². The van der Waals surface area contributed by atoms with Crippen molar-refractivity contribution in [2.24, 2.45) is 5.92 Å². The molecule has 19 heavy (non-hydrogen) atoms. The molecule has 108 valence electrons. The first kappa shape index (κ1) is 14.5. The molecule has 1 saturated heterocycles. The number of ether oxygens (including phenoxy) is 1. The molecule has 0 saturated carbocycles. The summed E-state index contributed by atoms with van der Waals surface area (Å²) < 4.78 is 10.1. The second kappa shape index (κ2) is 7.62. The Balaban J connectivity index is 1.62. The molecule has 1 aromatic rings. The van der Waals surface area contributed by atoms with Crippen LogP contribution >= 0.6 is 0 Å². The van der Waals surface area contributed by atoms with E-state index in [1.54, 1.807) is 7.11 Å². The predicted octanol–water partition coefficient (Wildman–Crippen LogP) is 1.43. The van der Waals surface area contributed by atoms with Crippen LogP contribution in [0.5, 0.6) is 0 Å². The number of nitrogens with one attached hydrogen (secondary N) is 1.